The van der Waals surface area contributed by atoms with Crippen LogP contribution in [0, 0.1) is 0 Å². The summed E-state index contributed by atoms with van der Waals surface area (Å²) in [4.78, 5) is 0.229. The highest BCUT2D eigenvalue weighted by Gasteiger charge is 2.25. The van der Waals surface area contributed by atoms with Crippen molar-refractivity contribution in [1.82, 2.24) is 5.32 Å². The second kappa shape index (κ2) is 8.38. The van der Waals surface area contributed by atoms with E-state index in [1.165, 1.54) is 19.2 Å². The Labute approximate surface area is 171 Å². The molecule has 0 fully saturated rings. The average Bonchev–Trinajstić information content (AvgIpc) is 2.81. The van der Waals surface area contributed by atoms with Crippen molar-refractivity contribution < 1.29 is 21.6 Å². The maximum absolute atomic E-state index is 12.1. The number of sulfonamides is 1. The van der Waals surface area contributed by atoms with Gasteiger partial charge in [0.05, 0.1) is 12.0 Å². The zero-order valence-electron chi connectivity index (χ0n) is 15.5. The van der Waals surface area contributed by atoms with Gasteiger partial charge in [0, 0.05) is 18.7 Å². The van der Waals surface area contributed by atoms with Gasteiger partial charge in [-0.05, 0) is 53.9 Å². The number of fused-ring (bicyclic) bond motifs is 1. The van der Waals surface area contributed by atoms with Gasteiger partial charge in [0.1, 0.15) is 10.6 Å². The minimum Gasteiger partial charge on any atom is -0.495 e. The molecule has 0 saturated carbocycles. The van der Waals surface area contributed by atoms with Crippen molar-refractivity contribution in [2.24, 2.45) is 5.14 Å². The Morgan fingerprint density at radius 2 is 1.75 bits per heavy atom. The zero-order chi connectivity index (χ0) is 19.8. The number of nitrogens with two attached hydrogens (primary N) is 1. The van der Waals surface area contributed by atoms with E-state index in [9.17, 15) is 16.8 Å². The average molecular weight is 447 g/mol. The normalized spacial score (nSPS) is 17.2. The first kappa shape index (κ1) is 22.6. The molecule has 1 aliphatic rings. The number of nitrogens with one attached hydrogen (secondary N) is 1. The third kappa shape index (κ3) is 4.66. The molecular formula is C18H23ClN2O5S2. The van der Waals surface area contributed by atoms with Gasteiger partial charge in [-0.25, -0.2) is 22.0 Å². The van der Waals surface area contributed by atoms with Crippen LogP contribution in [0.3, 0.4) is 0 Å². The van der Waals surface area contributed by atoms with Gasteiger partial charge in [-0.1, -0.05) is 12.1 Å². The monoisotopic (exact) mass is 446 g/mol. The molecule has 0 saturated heterocycles. The molecule has 1 unspecified atom stereocenters. The van der Waals surface area contributed by atoms with E-state index in [0.29, 0.717) is 25.3 Å². The second-order valence-corrected chi connectivity index (χ2v) is 10.1. The highest BCUT2D eigenvalue weighted by molar-refractivity contribution is 7.90. The van der Waals surface area contributed by atoms with E-state index in [0.717, 1.165) is 22.9 Å². The summed E-state index contributed by atoms with van der Waals surface area (Å²) in [5, 5.41) is 8.52. The van der Waals surface area contributed by atoms with E-state index in [-0.39, 0.29) is 28.1 Å². The number of hydrogen-bond acceptors (Lipinski definition) is 6. The van der Waals surface area contributed by atoms with Crippen LogP contribution in [0.25, 0.3) is 0 Å². The molecule has 28 heavy (non-hydrogen) atoms. The van der Waals surface area contributed by atoms with Crippen molar-refractivity contribution in [3.63, 3.8) is 0 Å². The Kier molecular flexibility index (Phi) is 6.78. The van der Waals surface area contributed by atoms with Crippen molar-refractivity contribution in [2.75, 3.05) is 26.5 Å². The van der Waals surface area contributed by atoms with Gasteiger partial charge in [-0.15, -0.1) is 12.4 Å². The van der Waals surface area contributed by atoms with E-state index >= 15 is 0 Å². The molecule has 0 aliphatic carbocycles. The molecule has 0 amide bonds. The van der Waals surface area contributed by atoms with Gasteiger partial charge in [-0.2, -0.15) is 0 Å². The zero-order valence-corrected chi connectivity index (χ0v) is 18.0. The molecule has 2 aromatic carbocycles. The Balaban J connectivity index is 0.00000280. The number of primary sulfonamides is 1. The predicted octanol–water partition coefficient (Wildman–Crippen LogP) is 1.45. The van der Waals surface area contributed by atoms with Crippen molar-refractivity contribution >= 4 is 32.3 Å². The summed E-state index contributed by atoms with van der Waals surface area (Å²) in [6.07, 6.45) is 1.85. The summed E-state index contributed by atoms with van der Waals surface area (Å²) in [7, 11) is -5.73. The van der Waals surface area contributed by atoms with Crippen LogP contribution >= 0.6 is 12.4 Å². The number of hydrogen-bond donors (Lipinski definition) is 2. The second-order valence-electron chi connectivity index (χ2n) is 6.59. The third-order valence-electron chi connectivity index (χ3n) is 4.73. The molecule has 0 aromatic heterocycles. The van der Waals surface area contributed by atoms with E-state index in [1.807, 2.05) is 0 Å². The fourth-order valence-electron chi connectivity index (χ4n) is 3.37. The van der Waals surface area contributed by atoms with Gasteiger partial charge >= 0.3 is 0 Å². The highest BCUT2D eigenvalue weighted by atomic mass is 35.5. The lowest BCUT2D eigenvalue weighted by Crippen LogP contribution is -2.21. The lowest BCUT2D eigenvalue weighted by atomic mass is 9.88. The Morgan fingerprint density at radius 3 is 2.29 bits per heavy atom. The molecule has 1 heterocycles. The SMILES string of the molecule is COc1cc2c(cc1S(C)(=O)=O)CCNCC2c1ccc(S(N)(=O)=O)cc1.Cl. The third-order valence-corrected chi connectivity index (χ3v) is 6.78. The number of halogens is 1. The molecule has 0 radical (unpaired) electrons. The summed E-state index contributed by atoms with van der Waals surface area (Å²) in [6.45, 7) is 1.36. The molecule has 0 bridgehead atoms. The van der Waals surface area contributed by atoms with Crippen molar-refractivity contribution in [3.05, 3.63) is 53.1 Å². The van der Waals surface area contributed by atoms with Gasteiger partial charge in [-0.3, -0.25) is 0 Å². The summed E-state index contributed by atoms with van der Waals surface area (Å²) < 4.78 is 52.5. The molecule has 2 aromatic rings. The molecule has 10 heteroatoms. The van der Waals surface area contributed by atoms with E-state index in [2.05, 4.69) is 5.32 Å². The number of sulfone groups is 1. The lowest BCUT2D eigenvalue weighted by Gasteiger charge is -2.20. The van der Waals surface area contributed by atoms with Crippen LogP contribution in [0.2, 0.25) is 0 Å². The van der Waals surface area contributed by atoms with Crippen molar-refractivity contribution in [3.8, 4) is 5.75 Å². The van der Waals surface area contributed by atoms with Gasteiger partial charge in [0.25, 0.3) is 0 Å². The number of ether oxygens (including phenoxy) is 1. The minimum atomic E-state index is -3.75. The fraction of sp³-hybridized carbons (Fsp3) is 0.333. The van der Waals surface area contributed by atoms with Gasteiger partial charge in [0.2, 0.25) is 10.0 Å². The summed E-state index contributed by atoms with van der Waals surface area (Å²) in [6, 6.07) is 9.89. The molecule has 0 spiro atoms. The smallest absolute Gasteiger partial charge is 0.238 e. The quantitative estimate of drug-likeness (QED) is 0.734. The first-order chi connectivity index (χ1) is 12.6. The maximum Gasteiger partial charge on any atom is 0.238 e. The topological polar surface area (TPSA) is 116 Å². The molecule has 7 nitrogen and oxygen atoms in total. The Bertz CT molecular complexity index is 1070. The van der Waals surface area contributed by atoms with E-state index in [1.54, 1.807) is 24.3 Å². The summed E-state index contributed by atoms with van der Waals surface area (Å²) >= 11 is 0. The summed E-state index contributed by atoms with van der Waals surface area (Å²) in [5.74, 6) is 0.240. The van der Waals surface area contributed by atoms with Gasteiger partial charge < -0.3 is 10.1 Å². The highest BCUT2D eigenvalue weighted by Crippen LogP contribution is 2.36. The predicted molar refractivity (Wildman–Crippen MR) is 110 cm³/mol. The first-order valence-corrected chi connectivity index (χ1v) is 11.8. The van der Waals surface area contributed by atoms with Crippen LogP contribution in [-0.2, 0) is 26.3 Å². The number of benzene rings is 2. The molecule has 1 atom stereocenters. The maximum atomic E-state index is 12.1. The molecule has 3 N–H and O–H groups in total. The fourth-order valence-corrected chi connectivity index (χ4v) is 4.75. The molecule has 154 valence electrons. The number of methoxy groups -OCH3 is 1. The van der Waals surface area contributed by atoms with Crippen LogP contribution in [-0.4, -0.2) is 43.3 Å². The largest absolute Gasteiger partial charge is 0.495 e. The van der Waals surface area contributed by atoms with Crippen LogP contribution in [0.15, 0.2) is 46.2 Å². The van der Waals surface area contributed by atoms with Crippen LogP contribution in [0.1, 0.15) is 22.6 Å². The van der Waals surface area contributed by atoms with Crippen molar-refractivity contribution in [2.45, 2.75) is 22.1 Å². The van der Waals surface area contributed by atoms with Gasteiger partial charge in [0.15, 0.2) is 9.84 Å². The lowest BCUT2D eigenvalue weighted by molar-refractivity contribution is 0.402. The van der Waals surface area contributed by atoms with Crippen LogP contribution in [0.5, 0.6) is 5.75 Å². The number of rotatable bonds is 4. The molecule has 1 aliphatic heterocycles. The first-order valence-electron chi connectivity index (χ1n) is 8.35. The van der Waals surface area contributed by atoms with E-state index < -0.39 is 19.9 Å². The summed E-state index contributed by atoms with van der Waals surface area (Å²) in [5.41, 5.74) is 2.81. The van der Waals surface area contributed by atoms with Crippen molar-refractivity contribution in [1.29, 1.82) is 0 Å². The Morgan fingerprint density at radius 1 is 1.11 bits per heavy atom. The van der Waals surface area contributed by atoms with E-state index in [4.69, 9.17) is 9.88 Å². The standard InChI is InChI=1S/C18H22N2O5S2.ClH/c1-25-17-10-15-13(9-18(17)26(2,21)22)7-8-20-11-16(15)12-3-5-14(6-4-12)27(19,23)24;/h3-6,9-10,16,20H,7-8,11H2,1-2H3,(H2,19,23,24);1H. The molecule has 3 rings (SSSR count). The van der Waals surface area contributed by atoms with Crippen LogP contribution < -0.4 is 15.2 Å². The molecular weight excluding hydrogens is 424 g/mol. The van der Waals surface area contributed by atoms with Crippen LogP contribution in [0.4, 0.5) is 0 Å². The Hall–Kier alpha value is -1.65. The minimum absolute atomic E-state index is 0.